The molecular weight excluding hydrogens is 324 g/mol. The van der Waals surface area contributed by atoms with Gasteiger partial charge in [-0.3, -0.25) is 0 Å². The third-order valence-corrected chi connectivity index (χ3v) is 3.28. The van der Waals surface area contributed by atoms with Crippen LogP contribution in [0.4, 0.5) is 0 Å². The molecule has 0 fully saturated rings. The van der Waals surface area contributed by atoms with E-state index < -0.39 is 0 Å². The summed E-state index contributed by atoms with van der Waals surface area (Å²) in [7, 11) is 5.97. The molecule has 1 N–H and O–H groups in total. The fourth-order valence-corrected chi connectivity index (χ4v) is 2.12. The molecule has 2 rings (SSSR count). The molecule has 0 bridgehead atoms. The molecule has 0 aromatic carbocycles. The Morgan fingerprint density at radius 3 is 2.21 bits per heavy atom. The first kappa shape index (κ1) is 19.8. The van der Waals surface area contributed by atoms with Gasteiger partial charge in [0.1, 0.15) is 0 Å². The number of quaternary nitrogens is 1. The zero-order valence-electron chi connectivity index (χ0n) is 14.4. The molecule has 0 atom stereocenters. The van der Waals surface area contributed by atoms with Crippen molar-refractivity contribution in [3.05, 3.63) is 59.4 Å². The lowest BCUT2D eigenvalue weighted by atomic mass is 10.0. The Morgan fingerprint density at radius 2 is 1.67 bits per heavy atom. The highest BCUT2D eigenvalue weighted by molar-refractivity contribution is 6.20. The van der Waals surface area contributed by atoms with Crippen LogP contribution in [0.1, 0.15) is 6.92 Å². The van der Waals surface area contributed by atoms with Crippen molar-refractivity contribution in [2.45, 2.75) is 6.92 Å². The molecule has 6 heteroatoms. The van der Waals surface area contributed by atoms with Gasteiger partial charge in [0.2, 0.25) is 0 Å². The number of likely N-dealkylation sites (N-methyl/N-ethyl adjacent to an activating group) is 1. The number of allylic oxidation sites excluding steroid dienone is 9. The summed E-state index contributed by atoms with van der Waals surface area (Å²) in [5.74, 6) is 0.114. The van der Waals surface area contributed by atoms with Gasteiger partial charge in [0.05, 0.1) is 44.8 Å². The lowest BCUT2D eigenvalue weighted by Gasteiger charge is -2.29. The molecule has 2 aliphatic carbocycles. The fraction of sp³-hybridized carbons (Fsp3) is 0.278. The Balaban J connectivity index is 0.00000288. The van der Waals surface area contributed by atoms with Crippen LogP contribution >= 0.6 is 12.4 Å². The molecule has 24 heavy (non-hydrogen) atoms. The third-order valence-electron chi connectivity index (χ3n) is 3.28. The zero-order valence-corrected chi connectivity index (χ0v) is 15.2. The van der Waals surface area contributed by atoms with Crippen molar-refractivity contribution in [3.8, 4) is 0 Å². The van der Waals surface area contributed by atoms with E-state index in [0.717, 1.165) is 11.3 Å². The highest BCUT2D eigenvalue weighted by Gasteiger charge is 2.08. The van der Waals surface area contributed by atoms with Crippen molar-refractivity contribution in [2.24, 2.45) is 10.2 Å². The van der Waals surface area contributed by atoms with Gasteiger partial charge in [0, 0.05) is 0 Å². The van der Waals surface area contributed by atoms with Gasteiger partial charge in [-0.25, -0.2) is 0 Å². The second-order valence-electron chi connectivity index (χ2n) is 6.62. The molecular formula is C18H23ClN4O. The Morgan fingerprint density at radius 1 is 1.04 bits per heavy atom. The van der Waals surface area contributed by atoms with E-state index in [1.807, 2.05) is 28.1 Å². The number of rotatable bonds is 3. The highest BCUT2D eigenvalue weighted by atomic mass is 35.5. The predicted octanol–water partition coefficient (Wildman–Crippen LogP) is 2.19. The summed E-state index contributed by atoms with van der Waals surface area (Å²) in [6.07, 6.45) is 12.4. The number of halogens is 1. The van der Waals surface area contributed by atoms with E-state index in [0.29, 0.717) is 28.0 Å². The molecule has 0 spiro atoms. The first-order valence-electron chi connectivity index (χ1n) is 7.42. The molecule has 2 aliphatic rings. The Bertz CT molecular complexity index is 711. The summed E-state index contributed by atoms with van der Waals surface area (Å²) in [5, 5.41) is 28.1. The van der Waals surface area contributed by atoms with E-state index in [2.05, 4.69) is 10.2 Å². The third kappa shape index (κ3) is 5.76. The summed E-state index contributed by atoms with van der Waals surface area (Å²) in [6, 6.07) is 0. The normalized spacial score (nSPS) is 18.6. The van der Waals surface area contributed by atoms with Gasteiger partial charge < -0.3 is 15.0 Å². The van der Waals surface area contributed by atoms with Crippen LogP contribution in [0.5, 0.6) is 0 Å². The summed E-state index contributed by atoms with van der Waals surface area (Å²) in [5.41, 5.74) is 3.50. The van der Waals surface area contributed by atoms with E-state index in [1.165, 1.54) is 0 Å². The maximum absolute atomic E-state index is 12.1. The van der Waals surface area contributed by atoms with Crippen LogP contribution in [0.2, 0.25) is 0 Å². The van der Waals surface area contributed by atoms with E-state index in [4.69, 9.17) is 5.41 Å². The number of hydrogen-bond donors (Lipinski definition) is 1. The molecule has 0 aromatic heterocycles. The largest absolute Gasteiger partial charge is 0.871 e. The second-order valence-corrected chi connectivity index (χ2v) is 6.62. The van der Waals surface area contributed by atoms with Crippen molar-refractivity contribution in [3.63, 3.8) is 0 Å². The first-order chi connectivity index (χ1) is 10.7. The summed E-state index contributed by atoms with van der Waals surface area (Å²) in [6.45, 7) is 2.36. The van der Waals surface area contributed by atoms with E-state index >= 15 is 0 Å². The minimum Gasteiger partial charge on any atom is -0.871 e. The molecule has 5 nitrogen and oxygen atoms in total. The van der Waals surface area contributed by atoms with Gasteiger partial charge >= 0.3 is 0 Å². The molecule has 0 unspecified atom stereocenters. The monoisotopic (exact) mass is 346 g/mol. The Hall–Kier alpha value is -2.24. The van der Waals surface area contributed by atoms with Gasteiger partial charge in [-0.05, 0) is 48.5 Å². The van der Waals surface area contributed by atoms with Crippen LogP contribution in [0.25, 0.3) is 0 Å². The van der Waals surface area contributed by atoms with Crippen LogP contribution in [0.15, 0.2) is 69.6 Å². The Kier molecular flexibility index (Phi) is 6.63. The Labute approximate surface area is 149 Å². The SMILES string of the molecule is CC1=CC(=N)C=CC1=NN=C1C=CC(=C([O-])C[N+](C)(C)C)C=C1.Cl. The van der Waals surface area contributed by atoms with Gasteiger partial charge in [-0.15, -0.1) is 12.4 Å². The number of nitrogens with one attached hydrogen (secondary N) is 1. The summed E-state index contributed by atoms with van der Waals surface area (Å²) < 4.78 is 0.603. The van der Waals surface area contributed by atoms with Crippen molar-refractivity contribution < 1.29 is 9.59 Å². The smallest absolute Gasteiger partial charge is 0.0902 e. The predicted molar refractivity (Wildman–Crippen MR) is 101 cm³/mol. The summed E-state index contributed by atoms with van der Waals surface area (Å²) >= 11 is 0. The first-order valence-corrected chi connectivity index (χ1v) is 7.42. The lowest BCUT2D eigenvalue weighted by Crippen LogP contribution is -2.39. The average Bonchev–Trinajstić information content (AvgIpc) is 2.45. The zero-order chi connectivity index (χ0) is 17.0. The minimum absolute atomic E-state index is 0. The second kappa shape index (κ2) is 8.04. The molecule has 0 amide bonds. The van der Waals surface area contributed by atoms with Crippen molar-refractivity contribution in [1.29, 1.82) is 5.41 Å². The number of nitrogens with zero attached hydrogens (tertiary/aromatic N) is 3. The van der Waals surface area contributed by atoms with Crippen LogP contribution in [-0.4, -0.2) is 49.3 Å². The lowest BCUT2D eigenvalue weighted by molar-refractivity contribution is -0.870. The van der Waals surface area contributed by atoms with Gasteiger partial charge in [-0.1, -0.05) is 17.9 Å². The van der Waals surface area contributed by atoms with Crippen molar-refractivity contribution in [2.75, 3.05) is 27.7 Å². The maximum Gasteiger partial charge on any atom is 0.0902 e. The van der Waals surface area contributed by atoms with Crippen molar-refractivity contribution >= 4 is 29.5 Å². The topological polar surface area (TPSA) is 71.6 Å². The summed E-state index contributed by atoms with van der Waals surface area (Å²) in [4.78, 5) is 0. The minimum atomic E-state index is 0. The van der Waals surface area contributed by atoms with Gasteiger partial charge in [0.25, 0.3) is 0 Å². The van der Waals surface area contributed by atoms with Gasteiger partial charge in [0.15, 0.2) is 0 Å². The number of hydrogen-bond acceptors (Lipinski definition) is 4. The molecule has 0 saturated carbocycles. The molecule has 128 valence electrons. The van der Waals surface area contributed by atoms with E-state index in [1.54, 1.807) is 42.5 Å². The van der Waals surface area contributed by atoms with Crippen LogP contribution in [0.3, 0.4) is 0 Å². The standard InChI is InChI=1S/C18H22N4O.ClH/c1-13-11-15(19)7-10-17(13)21-20-16-8-5-14(6-9-16)18(23)12-22(2,3)4;/h5-11H,12H2,1-4H3,(H-,19,20,23);1H. The van der Waals surface area contributed by atoms with E-state index in [-0.39, 0.29) is 18.2 Å². The van der Waals surface area contributed by atoms with Crippen LogP contribution < -0.4 is 5.11 Å². The molecule has 0 heterocycles. The van der Waals surface area contributed by atoms with Gasteiger partial charge in [-0.2, -0.15) is 10.2 Å². The van der Waals surface area contributed by atoms with Crippen LogP contribution in [-0.2, 0) is 0 Å². The molecule has 0 radical (unpaired) electrons. The molecule has 0 aliphatic heterocycles. The molecule has 0 aromatic rings. The highest BCUT2D eigenvalue weighted by Crippen LogP contribution is 2.12. The fourth-order valence-electron chi connectivity index (χ4n) is 2.12. The van der Waals surface area contributed by atoms with Crippen LogP contribution in [0, 0.1) is 5.41 Å². The average molecular weight is 347 g/mol. The maximum atomic E-state index is 12.1. The molecule has 0 saturated heterocycles. The van der Waals surface area contributed by atoms with Crippen molar-refractivity contribution in [1.82, 2.24) is 0 Å². The quantitative estimate of drug-likeness (QED) is 0.362. The van der Waals surface area contributed by atoms with E-state index in [9.17, 15) is 5.11 Å².